The zero-order chi connectivity index (χ0) is 9.12. The lowest BCUT2D eigenvalue weighted by Crippen LogP contribution is -2.32. The predicted octanol–water partition coefficient (Wildman–Crippen LogP) is 0.717. The van der Waals surface area contributed by atoms with E-state index in [0.717, 1.165) is 0 Å². The molecule has 0 spiro atoms. The van der Waals surface area contributed by atoms with E-state index in [1.807, 2.05) is 0 Å². The molecular weight excluding hydrogens is 162 g/mol. The van der Waals surface area contributed by atoms with Crippen LogP contribution in [-0.4, -0.2) is 22.1 Å². The van der Waals surface area contributed by atoms with Crippen LogP contribution >= 0.6 is 11.6 Å². The normalized spacial score (nSPS) is 16.5. The molecule has 0 aliphatic carbocycles. The van der Waals surface area contributed by atoms with E-state index in [1.165, 1.54) is 0 Å². The average molecular weight is 176 g/mol. The van der Waals surface area contributed by atoms with Crippen molar-refractivity contribution in [1.29, 1.82) is 0 Å². The molecule has 64 valence electrons. The highest BCUT2D eigenvalue weighted by atomic mass is 35.5. The maximum absolute atomic E-state index is 9.33. The fourth-order valence-electron chi connectivity index (χ4n) is 0.329. The van der Waals surface area contributed by atoms with Gasteiger partial charge in [-0.1, -0.05) is 11.8 Å². The van der Waals surface area contributed by atoms with Crippen LogP contribution in [0.15, 0.2) is 0 Å². The minimum atomic E-state index is -1.13. The average Bonchev–Trinajstić information content (AvgIpc) is 1.83. The molecule has 0 bridgehead atoms. The van der Waals surface area contributed by atoms with Crippen LogP contribution in [-0.2, 0) is 0 Å². The number of nitrogens with two attached hydrogens (primary N) is 1. The van der Waals surface area contributed by atoms with E-state index in [9.17, 15) is 5.11 Å². The molecule has 1 atom stereocenters. The zero-order valence-electron chi connectivity index (χ0n) is 7.11. The highest BCUT2D eigenvalue weighted by molar-refractivity contribution is 6.18. The number of halogens is 1. The molecule has 0 amide bonds. The molecule has 2 nitrogen and oxygen atoms in total. The third-order valence-electron chi connectivity index (χ3n) is 0.914. The lowest BCUT2D eigenvalue weighted by molar-refractivity contribution is 0.147. The van der Waals surface area contributed by atoms with Gasteiger partial charge in [0.05, 0.1) is 11.4 Å². The second-order valence-corrected chi connectivity index (χ2v) is 3.65. The first-order chi connectivity index (χ1) is 4.77. The van der Waals surface area contributed by atoms with Crippen LogP contribution in [0.1, 0.15) is 20.8 Å². The third-order valence-corrected chi connectivity index (χ3v) is 1.43. The number of rotatable bonds is 1. The Bertz CT molecular complexity index is 182. The smallest absolute Gasteiger partial charge is 0.136 e. The molecule has 0 aliphatic heterocycles. The maximum Gasteiger partial charge on any atom is 0.136 e. The number of alkyl halides is 1. The Labute approximate surface area is 72.7 Å². The van der Waals surface area contributed by atoms with Crippen molar-refractivity contribution in [2.45, 2.75) is 31.9 Å². The van der Waals surface area contributed by atoms with Crippen LogP contribution in [0.25, 0.3) is 0 Å². The molecule has 0 saturated carbocycles. The van der Waals surface area contributed by atoms with E-state index in [-0.39, 0.29) is 5.88 Å². The van der Waals surface area contributed by atoms with Crippen molar-refractivity contribution in [2.75, 3.05) is 5.88 Å². The first-order valence-electron chi connectivity index (χ1n) is 3.38. The van der Waals surface area contributed by atoms with Crippen molar-refractivity contribution < 1.29 is 5.11 Å². The Morgan fingerprint density at radius 2 is 1.82 bits per heavy atom. The van der Waals surface area contributed by atoms with E-state index >= 15 is 0 Å². The van der Waals surface area contributed by atoms with Crippen LogP contribution in [0, 0.1) is 11.8 Å². The van der Waals surface area contributed by atoms with Gasteiger partial charge in [-0.15, -0.1) is 11.6 Å². The monoisotopic (exact) mass is 175 g/mol. The second-order valence-electron chi connectivity index (χ2n) is 3.38. The van der Waals surface area contributed by atoms with Gasteiger partial charge < -0.3 is 10.8 Å². The molecule has 0 aliphatic rings. The molecule has 0 heterocycles. The molecular formula is C8H14ClNO. The van der Waals surface area contributed by atoms with Crippen LogP contribution in [0.4, 0.5) is 0 Å². The largest absolute Gasteiger partial charge is 0.377 e. The fourth-order valence-corrected chi connectivity index (χ4v) is 0.396. The minimum Gasteiger partial charge on any atom is -0.377 e. The summed E-state index contributed by atoms with van der Waals surface area (Å²) in [5, 5.41) is 9.33. The molecule has 0 aromatic heterocycles. The summed E-state index contributed by atoms with van der Waals surface area (Å²) in [7, 11) is 0. The van der Waals surface area contributed by atoms with Crippen molar-refractivity contribution in [3.8, 4) is 11.8 Å². The summed E-state index contributed by atoms with van der Waals surface area (Å²) >= 11 is 5.43. The third kappa shape index (κ3) is 6.18. The van der Waals surface area contributed by atoms with Gasteiger partial charge >= 0.3 is 0 Å². The van der Waals surface area contributed by atoms with Gasteiger partial charge in [-0.25, -0.2) is 0 Å². The SMILES string of the molecule is CC(C)(N)C#CC(C)(O)CCl. The van der Waals surface area contributed by atoms with Crippen molar-refractivity contribution in [3.63, 3.8) is 0 Å². The summed E-state index contributed by atoms with van der Waals surface area (Å²) in [6.07, 6.45) is 0. The Morgan fingerprint density at radius 3 is 2.09 bits per heavy atom. The Kier molecular flexibility index (Phi) is 3.37. The molecule has 0 rings (SSSR count). The van der Waals surface area contributed by atoms with Gasteiger partial charge in [-0.3, -0.25) is 0 Å². The highest BCUT2D eigenvalue weighted by Crippen LogP contribution is 2.04. The first-order valence-corrected chi connectivity index (χ1v) is 3.92. The number of hydrogen-bond acceptors (Lipinski definition) is 2. The first kappa shape index (κ1) is 10.8. The van der Waals surface area contributed by atoms with Crippen molar-refractivity contribution >= 4 is 11.6 Å². The fraction of sp³-hybridized carbons (Fsp3) is 0.750. The molecule has 0 fully saturated rings. The van der Waals surface area contributed by atoms with Gasteiger partial charge in [0, 0.05) is 0 Å². The Hall–Kier alpha value is -0.230. The molecule has 0 saturated heterocycles. The van der Waals surface area contributed by atoms with Crippen molar-refractivity contribution in [2.24, 2.45) is 5.73 Å². The van der Waals surface area contributed by atoms with Crippen molar-refractivity contribution in [1.82, 2.24) is 0 Å². The van der Waals surface area contributed by atoms with E-state index in [0.29, 0.717) is 0 Å². The lowest BCUT2D eigenvalue weighted by atomic mass is 10.1. The summed E-state index contributed by atoms with van der Waals surface area (Å²) in [5.74, 6) is 5.40. The minimum absolute atomic E-state index is 0.0933. The lowest BCUT2D eigenvalue weighted by Gasteiger charge is -2.14. The summed E-state index contributed by atoms with van der Waals surface area (Å²) < 4.78 is 0. The standard InChI is InChI=1S/C8H14ClNO/c1-7(2,10)4-5-8(3,11)6-9/h11H,6,10H2,1-3H3. The van der Waals surface area contributed by atoms with Gasteiger partial charge in [0.1, 0.15) is 5.60 Å². The van der Waals surface area contributed by atoms with E-state index in [1.54, 1.807) is 20.8 Å². The quantitative estimate of drug-likeness (QED) is 0.456. The summed E-state index contributed by atoms with van der Waals surface area (Å²) in [4.78, 5) is 0. The highest BCUT2D eigenvalue weighted by Gasteiger charge is 2.15. The summed E-state index contributed by atoms with van der Waals surface area (Å²) in [6, 6.07) is 0. The van der Waals surface area contributed by atoms with Gasteiger partial charge in [0.25, 0.3) is 0 Å². The maximum atomic E-state index is 9.33. The number of aliphatic hydroxyl groups is 1. The van der Waals surface area contributed by atoms with E-state index in [2.05, 4.69) is 11.8 Å². The summed E-state index contributed by atoms with van der Waals surface area (Å²) in [6.45, 7) is 5.09. The molecule has 3 N–H and O–H groups in total. The van der Waals surface area contributed by atoms with Gasteiger partial charge in [-0.05, 0) is 20.8 Å². The second kappa shape index (κ2) is 3.44. The molecule has 0 aromatic carbocycles. The van der Waals surface area contributed by atoms with Crippen molar-refractivity contribution in [3.05, 3.63) is 0 Å². The Balaban J connectivity index is 4.29. The topological polar surface area (TPSA) is 46.2 Å². The molecule has 3 heteroatoms. The molecule has 1 unspecified atom stereocenters. The van der Waals surface area contributed by atoms with E-state index in [4.69, 9.17) is 17.3 Å². The van der Waals surface area contributed by atoms with Gasteiger partial charge in [0.2, 0.25) is 0 Å². The van der Waals surface area contributed by atoms with Crippen LogP contribution in [0.2, 0.25) is 0 Å². The van der Waals surface area contributed by atoms with E-state index < -0.39 is 11.1 Å². The van der Waals surface area contributed by atoms with Crippen LogP contribution in [0.5, 0.6) is 0 Å². The molecule has 0 radical (unpaired) electrons. The zero-order valence-corrected chi connectivity index (χ0v) is 7.87. The van der Waals surface area contributed by atoms with Gasteiger partial charge in [0.15, 0.2) is 0 Å². The van der Waals surface area contributed by atoms with Crippen LogP contribution in [0.3, 0.4) is 0 Å². The van der Waals surface area contributed by atoms with Gasteiger partial charge in [-0.2, -0.15) is 0 Å². The predicted molar refractivity (Wildman–Crippen MR) is 47.4 cm³/mol. The summed E-state index contributed by atoms with van der Waals surface area (Å²) in [5.41, 5.74) is 3.87. The van der Waals surface area contributed by atoms with Crippen LogP contribution < -0.4 is 5.73 Å². The number of hydrogen-bond donors (Lipinski definition) is 2. The molecule has 11 heavy (non-hydrogen) atoms. The molecule has 0 aromatic rings. The Morgan fingerprint density at radius 1 is 1.36 bits per heavy atom.